The number of fused-ring (bicyclic) bond motifs is 1. The molecule has 2 aromatic carbocycles. The van der Waals surface area contributed by atoms with Crippen LogP contribution in [0.4, 0.5) is 14.7 Å². The van der Waals surface area contributed by atoms with Crippen molar-refractivity contribution in [3.05, 3.63) is 59.3 Å². The molecular weight excluding hydrogens is 450 g/mol. The molecule has 0 aliphatic carbocycles. The maximum atomic E-state index is 13.8. The molecular formula is C23H24F2N4O3S. The minimum atomic E-state index is -3.36. The molecule has 3 aromatic rings. The van der Waals surface area contributed by atoms with E-state index < -0.39 is 21.5 Å². The fourth-order valence-corrected chi connectivity index (χ4v) is 4.62. The number of nitrogens with one attached hydrogen (secondary N) is 1. The Hall–Kier alpha value is -3.14. The lowest BCUT2D eigenvalue weighted by Gasteiger charge is -2.31. The summed E-state index contributed by atoms with van der Waals surface area (Å²) >= 11 is 0. The standard InChI is InChI=1S/C23H24F2N4O3S/c1-14-18-7-6-17(33(2,31)32)12-20(18)28-23(27-14)29-10-8-15(9-11-29)22(30)26-13-16-4-3-5-19(24)21(16)25/h3-7,12,15H,8-11,13H2,1-2H3,(H,26,30). The van der Waals surface area contributed by atoms with Crippen LogP contribution >= 0.6 is 0 Å². The number of hydrogen-bond acceptors (Lipinski definition) is 6. The third-order valence-electron chi connectivity index (χ3n) is 5.91. The molecule has 4 rings (SSSR count). The molecule has 1 N–H and O–H groups in total. The molecule has 1 amide bonds. The predicted octanol–water partition coefficient (Wildman–Crippen LogP) is 3.15. The second kappa shape index (κ2) is 9.01. The molecule has 0 spiro atoms. The highest BCUT2D eigenvalue weighted by molar-refractivity contribution is 7.90. The van der Waals surface area contributed by atoms with E-state index in [2.05, 4.69) is 15.3 Å². The van der Waals surface area contributed by atoms with Crippen LogP contribution in [0.3, 0.4) is 0 Å². The molecule has 0 saturated carbocycles. The number of halogens is 2. The van der Waals surface area contributed by atoms with Gasteiger partial charge in [-0.3, -0.25) is 4.79 Å². The van der Waals surface area contributed by atoms with E-state index in [1.54, 1.807) is 18.2 Å². The molecule has 7 nitrogen and oxygen atoms in total. The van der Waals surface area contributed by atoms with Crippen LogP contribution in [0.1, 0.15) is 24.1 Å². The molecule has 0 unspecified atom stereocenters. The molecule has 0 atom stereocenters. The smallest absolute Gasteiger partial charge is 0.226 e. The van der Waals surface area contributed by atoms with Crippen molar-refractivity contribution in [2.24, 2.45) is 5.92 Å². The normalized spacial score (nSPS) is 15.1. The Balaban J connectivity index is 1.42. The molecule has 0 bridgehead atoms. The minimum absolute atomic E-state index is 0.0711. The number of aryl methyl sites for hydroxylation is 1. The number of piperidine rings is 1. The summed E-state index contributed by atoms with van der Waals surface area (Å²) in [5, 5.41) is 3.48. The number of benzene rings is 2. The van der Waals surface area contributed by atoms with Crippen LogP contribution in [-0.4, -0.2) is 43.6 Å². The van der Waals surface area contributed by atoms with Crippen LogP contribution < -0.4 is 10.2 Å². The zero-order chi connectivity index (χ0) is 23.8. The van der Waals surface area contributed by atoms with E-state index in [1.807, 2.05) is 11.8 Å². The Morgan fingerprint density at radius 1 is 1.15 bits per heavy atom. The van der Waals surface area contributed by atoms with E-state index in [0.717, 1.165) is 23.4 Å². The number of carbonyl (C=O) groups excluding carboxylic acids is 1. The van der Waals surface area contributed by atoms with Crippen molar-refractivity contribution in [1.29, 1.82) is 0 Å². The van der Waals surface area contributed by atoms with Gasteiger partial charge in [0.2, 0.25) is 11.9 Å². The van der Waals surface area contributed by atoms with Crippen LogP contribution in [0, 0.1) is 24.5 Å². The van der Waals surface area contributed by atoms with Gasteiger partial charge in [0, 0.05) is 42.8 Å². The monoisotopic (exact) mass is 474 g/mol. The molecule has 2 heterocycles. The summed E-state index contributed by atoms with van der Waals surface area (Å²) in [6, 6.07) is 8.69. The molecule has 1 aliphatic rings. The Morgan fingerprint density at radius 3 is 2.58 bits per heavy atom. The van der Waals surface area contributed by atoms with E-state index in [0.29, 0.717) is 37.4 Å². The summed E-state index contributed by atoms with van der Waals surface area (Å²) in [6.45, 7) is 2.87. The first-order chi connectivity index (χ1) is 15.6. The molecule has 174 valence electrons. The molecule has 1 aliphatic heterocycles. The van der Waals surface area contributed by atoms with Crippen LogP contribution in [0.15, 0.2) is 41.3 Å². The number of hydrogen-bond donors (Lipinski definition) is 1. The van der Waals surface area contributed by atoms with E-state index in [-0.39, 0.29) is 28.8 Å². The molecule has 1 aromatic heterocycles. The summed E-state index contributed by atoms with van der Waals surface area (Å²) in [5.41, 5.74) is 1.40. The number of amides is 1. The lowest BCUT2D eigenvalue weighted by atomic mass is 9.96. The number of rotatable bonds is 5. The maximum Gasteiger partial charge on any atom is 0.226 e. The van der Waals surface area contributed by atoms with Crippen LogP contribution in [0.2, 0.25) is 0 Å². The number of aromatic nitrogens is 2. The number of anilines is 1. The zero-order valence-electron chi connectivity index (χ0n) is 18.3. The predicted molar refractivity (Wildman–Crippen MR) is 121 cm³/mol. The summed E-state index contributed by atoms with van der Waals surface area (Å²) in [6.07, 6.45) is 2.27. The van der Waals surface area contributed by atoms with Crippen molar-refractivity contribution in [3.8, 4) is 0 Å². The van der Waals surface area contributed by atoms with Crippen molar-refractivity contribution in [3.63, 3.8) is 0 Å². The molecule has 1 saturated heterocycles. The van der Waals surface area contributed by atoms with E-state index in [1.165, 1.54) is 12.1 Å². The summed E-state index contributed by atoms with van der Waals surface area (Å²) in [5.74, 6) is -1.85. The Kier molecular flexibility index (Phi) is 6.29. The second-order valence-electron chi connectivity index (χ2n) is 8.25. The van der Waals surface area contributed by atoms with Crippen LogP contribution in [-0.2, 0) is 21.2 Å². The highest BCUT2D eigenvalue weighted by atomic mass is 32.2. The largest absolute Gasteiger partial charge is 0.352 e. The van der Waals surface area contributed by atoms with Gasteiger partial charge in [-0.2, -0.15) is 0 Å². The van der Waals surface area contributed by atoms with Crippen molar-refractivity contribution < 1.29 is 22.0 Å². The van der Waals surface area contributed by atoms with Gasteiger partial charge < -0.3 is 10.2 Å². The zero-order valence-corrected chi connectivity index (χ0v) is 19.1. The van der Waals surface area contributed by atoms with Gasteiger partial charge in [-0.25, -0.2) is 27.2 Å². The average molecular weight is 475 g/mol. The molecule has 33 heavy (non-hydrogen) atoms. The number of carbonyl (C=O) groups is 1. The maximum absolute atomic E-state index is 13.8. The van der Waals surface area contributed by atoms with Crippen LogP contribution in [0.5, 0.6) is 0 Å². The van der Waals surface area contributed by atoms with E-state index >= 15 is 0 Å². The first-order valence-electron chi connectivity index (χ1n) is 10.6. The highest BCUT2D eigenvalue weighted by Crippen LogP contribution is 2.26. The molecule has 10 heteroatoms. The first-order valence-corrected chi connectivity index (χ1v) is 12.5. The Labute approximate surface area is 190 Å². The van der Waals surface area contributed by atoms with Crippen molar-refractivity contribution >= 4 is 32.6 Å². The number of sulfone groups is 1. The van der Waals surface area contributed by atoms with Gasteiger partial charge in [-0.15, -0.1) is 0 Å². The van der Waals surface area contributed by atoms with E-state index in [4.69, 9.17) is 0 Å². The lowest BCUT2D eigenvalue weighted by molar-refractivity contribution is -0.125. The highest BCUT2D eigenvalue weighted by Gasteiger charge is 2.27. The first kappa shape index (κ1) is 23.0. The van der Waals surface area contributed by atoms with Crippen molar-refractivity contribution in [2.45, 2.75) is 31.2 Å². The topological polar surface area (TPSA) is 92.3 Å². The van der Waals surface area contributed by atoms with Crippen LogP contribution in [0.25, 0.3) is 10.9 Å². The Bertz CT molecular complexity index is 1320. The van der Waals surface area contributed by atoms with Gasteiger partial charge in [0.25, 0.3) is 0 Å². The van der Waals surface area contributed by atoms with Crippen molar-refractivity contribution in [2.75, 3.05) is 24.2 Å². The second-order valence-corrected chi connectivity index (χ2v) is 10.3. The minimum Gasteiger partial charge on any atom is -0.352 e. The Morgan fingerprint density at radius 2 is 1.88 bits per heavy atom. The lowest BCUT2D eigenvalue weighted by Crippen LogP contribution is -2.41. The number of nitrogens with zero attached hydrogens (tertiary/aromatic N) is 3. The SMILES string of the molecule is Cc1nc(N2CCC(C(=O)NCc3cccc(F)c3F)CC2)nc2cc(S(C)(=O)=O)ccc12. The fraction of sp³-hybridized carbons (Fsp3) is 0.348. The van der Waals surface area contributed by atoms with Gasteiger partial charge in [0.05, 0.1) is 16.1 Å². The fourth-order valence-electron chi connectivity index (χ4n) is 3.98. The van der Waals surface area contributed by atoms with E-state index in [9.17, 15) is 22.0 Å². The van der Waals surface area contributed by atoms with Gasteiger partial charge in [0.1, 0.15) is 0 Å². The van der Waals surface area contributed by atoms with Gasteiger partial charge >= 0.3 is 0 Å². The molecule has 0 radical (unpaired) electrons. The van der Waals surface area contributed by atoms with Gasteiger partial charge in [-0.05, 0) is 44.0 Å². The summed E-state index contributed by atoms with van der Waals surface area (Å²) in [4.78, 5) is 23.8. The average Bonchev–Trinajstić information content (AvgIpc) is 2.79. The van der Waals surface area contributed by atoms with Crippen molar-refractivity contribution in [1.82, 2.24) is 15.3 Å². The molecule has 1 fully saturated rings. The third kappa shape index (κ3) is 4.95. The third-order valence-corrected chi connectivity index (χ3v) is 7.02. The summed E-state index contributed by atoms with van der Waals surface area (Å²) in [7, 11) is -3.36. The van der Waals surface area contributed by atoms with Gasteiger partial charge in [-0.1, -0.05) is 12.1 Å². The quantitative estimate of drug-likeness (QED) is 0.611. The summed E-state index contributed by atoms with van der Waals surface area (Å²) < 4.78 is 50.9. The van der Waals surface area contributed by atoms with Gasteiger partial charge in [0.15, 0.2) is 21.5 Å².